The summed E-state index contributed by atoms with van der Waals surface area (Å²) in [5, 5.41) is 0. The molecular weight excluding hydrogens is 534 g/mol. The molecule has 0 N–H and O–H groups in total. The number of likely N-dealkylation sites (N-methyl/N-ethyl adjacent to an activating group) is 1. The van der Waals surface area contributed by atoms with Crippen LogP contribution in [0.5, 0.6) is 0 Å². The molecule has 0 spiro atoms. The maximum atomic E-state index is 12.8. The molecule has 7 nitrogen and oxygen atoms in total. The zero-order valence-electron chi connectivity index (χ0n) is 25.1. The number of nitrogens with zero attached hydrogens (tertiary/aromatic N) is 3. The van der Waals surface area contributed by atoms with Crippen LogP contribution in [0.1, 0.15) is 58.4 Å². The van der Waals surface area contributed by atoms with Crippen molar-refractivity contribution in [3.63, 3.8) is 0 Å². The first kappa shape index (κ1) is 31.3. The third-order valence-electron chi connectivity index (χ3n) is 7.84. The highest BCUT2D eigenvalue weighted by Crippen LogP contribution is 2.30. The number of benzene rings is 1. The third kappa shape index (κ3) is 8.90. The normalized spacial score (nSPS) is 21.8. The molecule has 0 unspecified atom stereocenters. The molecule has 8 heteroatoms. The second-order valence-corrected chi connectivity index (χ2v) is 12.9. The van der Waals surface area contributed by atoms with Crippen LogP contribution in [0.3, 0.4) is 0 Å². The molecule has 4 rings (SSSR count). The number of sulfone groups is 1. The predicted octanol–water partition coefficient (Wildman–Crippen LogP) is 5.89. The van der Waals surface area contributed by atoms with Crippen molar-refractivity contribution in [3.05, 3.63) is 70.7 Å². The summed E-state index contributed by atoms with van der Waals surface area (Å²) in [5.41, 5.74) is 5.71. The lowest BCUT2D eigenvalue weighted by Gasteiger charge is -2.28. The molecule has 1 aliphatic carbocycles. The first-order valence-corrected chi connectivity index (χ1v) is 17.0. The van der Waals surface area contributed by atoms with Crippen LogP contribution in [-0.4, -0.2) is 77.8 Å². The van der Waals surface area contributed by atoms with Crippen LogP contribution >= 0.6 is 0 Å². The average molecular weight is 582 g/mol. The third-order valence-corrected chi connectivity index (χ3v) is 9.75. The number of aryl methyl sites for hydroxylation is 1. The maximum Gasteiger partial charge on any atom is 0.178 e. The fourth-order valence-corrected chi connectivity index (χ4v) is 6.84. The average Bonchev–Trinajstić information content (AvgIpc) is 2.97. The molecule has 0 saturated carbocycles. The lowest BCUT2D eigenvalue weighted by molar-refractivity contribution is 0.0285. The molecule has 0 atom stereocenters. The number of ether oxygens (including phenoxy) is 2. The molecule has 224 valence electrons. The fourth-order valence-electron chi connectivity index (χ4n) is 5.50. The molecule has 41 heavy (non-hydrogen) atoms. The summed E-state index contributed by atoms with van der Waals surface area (Å²) >= 11 is 0. The predicted molar refractivity (Wildman–Crippen MR) is 169 cm³/mol. The van der Waals surface area contributed by atoms with Gasteiger partial charge in [0, 0.05) is 38.4 Å². The Morgan fingerprint density at radius 3 is 2.61 bits per heavy atom. The minimum absolute atomic E-state index is 0.173. The molecule has 3 aliphatic rings. The van der Waals surface area contributed by atoms with Gasteiger partial charge in [0.25, 0.3) is 0 Å². The second kappa shape index (κ2) is 15.5. The van der Waals surface area contributed by atoms with Gasteiger partial charge < -0.3 is 14.4 Å². The van der Waals surface area contributed by atoms with Crippen LogP contribution in [0.4, 0.5) is 5.69 Å². The molecule has 1 aromatic carbocycles. The lowest BCUT2D eigenvalue weighted by Crippen LogP contribution is -2.38. The zero-order valence-corrected chi connectivity index (χ0v) is 25.9. The summed E-state index contributed by atoms with van der Waals surface area (Å²) < 4.78 is 37.2. The number of morpholine rings is 1. The van der Waals surface area contributed by atoms with Crippen molar-refractivity contribution in [3.8, 4) is 0 Å². The van der Waals surface area contributed by atoms with Gasteiger partial charge in [0.1, 0.15) is 12.4 Å². The number of rotatable bonds is 13. The van der Waals surface area contributed by atoms with Crippen LogP contribution in [0.2, 0.25) is 0 Å². The van der Waals surface area contributed by atoms with Gasteiger partial charge in [-0.1, -0.05) is 38.1 Å². The highest BCUT2D eigenvalue weighted by Gasteiger charge is 2.19. The Morgan fingerprint density at radius 1 is 1.05 bits per heavy atom. The number of allylic oxidation sites excluding steroid dienone is 5. The second-order valence-electron chi connectivity index (χ2n) is 10.8. The first-order chi connectivity index (χ1) is 19.9. The van der Waals surface area contributed by atoms with Gasteiger partial charge in [-0.2, -0.15) is 0 Å². The summed E-state index contributed by atoms with van der Waals surface area (Å²) in [6.45, 7) is 12.8. The molecule has 2 heterocycles. The summed E-state index contributed by atoms with van der Waals surface area (Å²) in [4.78, 5) is 9.96. The molecule has 1 fully saturated rings. The number of aliphatic imine (C=N–C) groups is 1. The molecule has 1 saturated heterocycles. The zero-order chi connectivity index (χ0) is 29.1. The van der Waals surface area contributed by atoms with Crippen LogP contribution in [-0.2, 0) is 25.7 Å². The van der Waals surface area contributed by atoms with Crippen molar-refractivity contribution in [1.82, 2.24) is 4.90 Å². The smallest absolute Gasteiger partial charge is 0.178 e. The van der Waals surface area contributed by atoms with Crippen LogP contribution in [0, 0.1) is 0 Å². The van der Waals surface area contributed by atoms with E-state index >= 15 is 0 Å². The van der Waals surface area contributed by atoms with Crippen LogP contribution in [0.15, 0.2) is 75.0 Å². The van der Waals surface area contributed by atoms with E-state index in [0.29, 0.717) is 17.9 Å². The Morgan fingerprint density at radius 2 is 1.85 bits per heavy atom. The highest BCUT2D eigenvalue weighted by molar-refractivity contribution is 7.91. The standard InChI is InChI=1S/C33H47N3O4S/c1-4-22-41(37,38)31-15-14-28(5-2)33(24-31)36(6-3)26-27-10-9-11-29(23-27)32-13-8-7-12-30(25-34-32)40-21-18-35-16-19-39-20-17-35/h10,12-15,23-25H,4-9,11,16-22,26H2,1-3H3/b30-12+,32-13-,34-25+. The topological polar surface area (TPSA) is 71.4 Å². The van der Waals surface area contributed by atoms with Crippen LogP contribution in [0.25, 0.3) is 0 Å². The molecule has 0 aromatic heterocycles. The molecule has 0 radical (unpaired) electrons. The van der Waals surface area contributed by atoms with Gasteiger partial charge in [-0.25, -0.2) is 8.42 Å². The quantitative estimate of drug-likeness (QED) is 0.290. The van der Waals surface area contributed by atoms with Gasteiger partial charge in [-0.3, -0.25) is 9.89 Å². The first-order valence-electron chi connectivity index (χ1n) is 15.3. The number of hydrogen-bond acceptors (Lipinski definition) is 7. The van der Waals surface area contributed by atoms with Gasteiger partial charge in [0.05, 0.1) is 35.8 Å². The van der Waals surface area contributed by atoms with Crippen molar-refractivity contribution < 1.29 is 17.9 Å². The largest absolute Gasteiger partial charge is 0.491 e. The Kier molecular flexibility index (Phi) is 11.8. The molecular formula is C33H47N3O4S. The number of anilines is 1. The van der Waals surface area contributed by atoms with E-state index in [-0.39, 0.29) is 5.75 Å². The van der Waals surface area contributed by atoms with Crippen molar-refractivity contribution in [2.24, 2.45) is 4.99 Å². The van der Waals surface area contributed by atoms with E-state index in [1.54, 1.807) is 6.07 Å². The summed E-state index contributed by atoms with van der Waals surface area (Å²) in [6, 6.07) is 5.64. The minimum Gasteiger partial charge on any atom is -0.491 e. The van der Waals surface area contributed by atoms with E-state index in [0.717, 1.165) is 95.2 Å². The van der Waals surface area contributed by atoms with Gasteiger partial charge in [0.15, 0.2) is 9.84 Å². The summed E-state index contributed by atoms with van der Waals surface area (Å²) in [5.74, 6) is 1.02. The van der Waals surface area contributed by atoms with Crippen molar-refractivity contribution in [1.29, 1.82) is 0 Å². The molecule has 2 aliphatic heterocycles. The molecule has 1 aromatic rings. The fraction of sp³-hybridized carbons (Fsp3) is 0.545. The minimum atomic E-state index is -3.28. The van der Waals surface area contributed by atoms with E-state index in [9.17, 15) is 8.42 Å². The Balaban J connectivity index is 1.44. The monoisotopic (exact) mass is 581 g/mol. The summed E-state index contributed by atoms with van der Waals surface area (Å²) in [7, 11) is -3.28. The SMILES string of the molecule is CCCS(=O)(=O)c1ccc(CC)c(N(CC)CC2=CCCC(C3=C\CC\C=C(OCCN4CCOCC4)/C=N/3)=C2)c1. The van der Waals surface area contributed by atoms with E-state index in [2.05, 4.69) is 48.0 Å². The Labute approximate surface area is 247 Å². The Hall–Kier alpha value is -2.68. The van der Waals surface area contributed by atoms with Gasteiger partial charge in [-0.15, -0.1) is 0 Å². The Bertz CT molecular complexity index is 1290. The van der Waals surface area contributed by atoms with Gasteiger partial charge in [0.2, 0.25) is 0 Å². The van der Waals surface area contributed by atoms with E-state index < -0.39 is 9.84 Å². The highest BCUT2D eigenvalue weighted by atomic mass is 32.2. The lowest BCUT2D eigenvalue weighted by atomic mass is 9.95. The van der Waals surface area contributed by atoms with E-state index in [1.165, 1.54) is 16.7 Å². The van der Waals surface area contributed by atoms with E-state index in [1.807, 2.05) is 25.3 Å². The maximum absolute atomic E-state index is 12.8. The van der Waals surface area contributed by atoms with Gasteiger partial charge >= 0.3 is 0 Å². The van der Waals surface area contributed by atoms with Crippen LogP contribution < -0.4 is 4.90 Å². The molecule has 0 amide bonds. The van der Waals surface area contributed by atoms with Crippen molar-refractivity contribution in [2.45, 2.75) is 64.2 Å². The summed E-state index contributed by atoms with van der Waals surface area (Å²) in [6.07, 6.45) is 16.1. The van der Waals surface area contributed by atoms with Crippen molar-refractivity contribution in [2.75, 3.05) is 63.2 Å². The van der Waals surface area contributed by atoms with E-state index in [4.69, 9.17) is 14.5 Å². The number of hydrogen-bond donors (Lipinski definition) is 0. The molecule has 0 bridgehead atoms. The van der Waals surface area contributed by atoms with Crippen molar-refractivity contribution >= 4 is 21.7 Å². The van der Waals surface area contributed by atoms with Gasteiger partial charge in [-0.05, 0) is 80.4 Å².